The van der Waals surface area contributed by atoms with Crippen LogP contribution in [0.2, 0.25) is 0 Å². The third kappa shape index (κ3) is 4.18. The Balaban J connectivity index is 1.60. The maximum absolute atomic E-state index is 11.4. The molecular weight excluding hydrogens is 324 g/mol. The van der Waals surface area contributed by atoms with Crippen LogP contribution >= 0.6 is 0 Å². The van der Waals surface area contributed by atoms with E-state index in [9.17, 15) is 9.59 Å². The molecule has 0 saturated heterocycles. The monoisotopic (exact) mass is 340 g/mol. The van der Waals surface area contributed by atoms with Gasteiger partial charge in [0.05, 0.1) is 32.2 Å². The molecule has 0 unspecified atom stereocenters. The number of carbonyl (C=O) groups is 1. The first-order valence-electron chi connectivity index (χ1n) is 7.61. The molecule has 25 heavy (non-hydrogen) atoms. The highest BCUT2D eigenvalue weighted by Gasteiger charge is 2.12. The van der Waals surface area contributed by atoms with Gasteiger partial charge in [0.25, 0.3) is 0 Å². The summed E-state index contributed by atoms with van der Waals surface area (Å²) in [4.78, 5) is 22.4. The van der Waals surface area contributed by atoms with E-state index in [2.05, 4.69) is 10.2 Å². The predicted molar refractivity (Wildman–Crippen MR) is 88.7 cm³/mol. The average molecular weight is 340 g/mol. The fourth-order valence-corrected chi connectivity index (χ4v) is 2.22. The molecule has 1 N–H and O–H groups in total. The maximum Gasteiger partial charge on any atom is 0.360 e. The lowest BCUT2D eigenvalue weighted by molar-refractivity contribution is 0.0687. The summed E-state index contributed by atoms with van der Waals surface area (Å²) in [6.45, 7) is 1.55. The Morgan fingerprint density at radius 2 is 2.00 bits per heavy atom. The molecule has 0 bridgehead atoms. The first kappa shape index (κ1) is 16.6. The summed E-state index contributed by atoms with van der Waals surface area (Å²) < 4.78 is 8.57. The summed E-state index contributed by atoms with van der Waals surface area (Å²) in [5.41, 5.74) is 0.500. The fourth-order valence-electron chi connectivity index (χ4n) is 2.22. The van der Waals surface area contributed by atoms with Crippen LogP contribution in [0, 0.1) is 0 Å². The number of aromatic carboxylic acids is 1. The molecule has 0 aliphatic heterocycles. The molecule has 0 fully saturated rings. The Bertz CT molecular complexity index is 918. The van der Waals surface area contributed by atoms with Gasteiger partial charge in [-0.1, -0.05) is 30.3 Å². The van der Waals surface area contributed by atoms with Crippen molar-refractivity contribution in [2.45, 2.75) is 13.2 Å². The Kier molecular flexibility index (Phi) is 5.00. The van der Waals surface area contributed by atoms with Gasteiger partial charge < -0.3 is 9.84 Å². The SMILES string of the molecule is O=C(O)c1nn(-c2cnn(CCOCc3ccccc3)c2)ccc1=O. The van der Waals surface area contributed by atoms with Crippen LogP contribution in [-0.2, 0) is 17.9 Å². The van der Waals surface area contributed by atoms with Gasteiger partial charge >= 0.3 is 5.97 Å². The number of rotatable bonds is 7. The Morgan fingerprint density at radius 3 is 2.76 bits per heavy atom. The summed E-state index contributed by atoms with van der Waals surface area (Å²) in [6, 6.07) is 11.0. The number of hydrogen-bond acceptors (Lipinski definition) is 5. The first-order chi connectivity index (χ1) is 12.1. The van der Waals surface area contributed by atoms with Gasteiger partial charge in [-0.15, -0.1) is 0 Å². The zero-order chi connectivity index (χ0) is 17.6. The molecule has 0 atom stereocenters. The first-order valence-corrected chi connectivity index (χ1v) is 7.61. The third-order valence-corrected chi connectivity index (χ3v) is 3.47. The molecule has 0 saturated carbocycles. The molecule has 8 heteroatoms. The Labute approximate surface area is 142 Å². The number of benzene rings is 1. The molecule has 8 nitrogen and oxygen atoms in total. The molecule has 2 heterocycles. The van der Waals surface area contributed by atoms with E-state index in [1.807, 2.05) is 30.3 Å². The van der Waals surface area contributed by atoms with Crippen molar-refractivity contribution in [3.8, 4) is 5.69 Å². The molecule has 0 spiro atoms. The standard InChI is InChI=1S/C17H16N4O4/c22-15-6-7-21(19-16(15)17(23)24)14-10-18-20(11-14)8-9-25-12-13-4-2-1-3-5-13/h1-7,10-11H,8-9,12H2,(H,23,24). The zero-order valence-corrected chi connectivity index (χ0v) is 13.3. The van der Waals surface area contributed by atoms with E-state index in [-0.39, 0.29) is 0 Å². The van der Waals surface area contributed by atoms with Crippen LogP contribution in [0.25, 0.3) is 5.69 Å². The third-order valence-electron chi connectivity index (χ3n) is 3.47. The van der Waals surface area contributed by atoms with Gasteiger partial charge in [-0.3, -0.25) is 9.48 Å². The average Bonchev–Trinajstić information content (AvgIpc) is 3.09. The van der Waals surface area contributed by atoms with Crippen LogP contribution in [0.4, 0.5) is 0 Å². The minimum atomic E-state index is -1.36. The van der Waals surface area contributed by atoms with E-state index in [0.29, 0.717) is 25.4 Å². The molecule has 2 aromatic heterocycles. The molecule has 0 aliphatic rings. The van der Waals surface area contributed by atoms with Crippen molar-refractivity contribution >= 4 is 5.97 Å². The normalized spacial score (nSPS) is 10.7. The van der Waals surface area contributed by atoms with Gasteiger partial charge in [0.1, 0.15) is 5.69 Å². The summed E-state index contributed by atoms with van der Waals surface area (Å²) in [5, 5.41) is 17.0. The lowest BCUT2D eigenvalue weighted by Crippen LogP contribution is -2.20. The van der Waals surface area contributed by atoms with Crippen LogP contribution in [0.5, 0.6) is 0 Å². The summed E-state index contributed by atoms with van der Waals surface area (Å²) >= 11 is 0. The van der Waals surface area contributed by atoms with Gasteiger partial charge in [-0.05, 0) is 5.56 Å². The zero-order valence-electron chi connectivity index (χ0n) is 13.3. The number of aromatic nitrogens is 4. The summed E-state index contributed by atoms with van der Waals surface area (Å²) in [5.74, 6) is -1.36. The highest BCUT2D eigenvalue weighted by molar-refractivity contribution is 5.84. The predicted octanol–water partition coefficient (Wildman–Crippen LogP) is 1.34. The molecule has 1 aromatic carbocycles. The molecule has 3 rings (SSSR count). The van der Waals surface area contributed by atoms with E-state index in [1.165, 1.54) is 10.9 Å². The second-order valence-electron chi connectivity index (χ2n) is 5.28. The van der Waals surface area contributed by atoms with Crippen LogP contribution < -0.4 is 5.43 Å². The minimum Gasteiger partial charge on any atom is -0.476 e. The van der Waals surface area contributed by atoms with Crippen molar-refractivity contribution in [1.29, 1.82) is 0 Å². The highest BCUT2D eigenvalue weighted by atomic mass is 16.5. The molecule has 3 aromatic rings. The minimum absolute atomic E-state index is 0.480. The lowest BCUT2D eigenvalue weighted by atomic mass is 10.2. The summed E-state index contributed by atoms with van der Waals surface area (Å²) in [7, 11) is 0. The molecule has 128 valence electrons. The number of carboxylic acid groups (broad SMARTS) is 1. The van der Waals surface area contributed by atoms with E-state index in [4.69, 9.17) is 9.84 Å². The van der Waals surface area contributed by atoms with Gasteiger partial charge in [-0.25, -0.2) is 9.48 Å². The van der Waals surface area contributed by atoms with Crippen LogP contribution in [0.3, 0.4) is 0 Å². The van der Waals surface area contributed by atoms with E-state index < -0.39 is 17.1 Å². The summed E-state index contributed by atoms with van der Waals surface area (Å²) in [6.07, 6.45) is 4.65. The molecule has 0 aliphatic carbocycles. The van der Waals surface area contributed by atoms with Gasteiger partial charge in [0, 0.05) is 12.3 Å². The smallest absolute Gasteiger partial charge is 0.360 e. The van der Waals surface area contributed by atoms with E-state index in [1.54, 1.807) is 17.1 Å². The van der Waals surface area contributed by atoms with Crippen LogP contribution in [-0.4, -0.2) is 37.2 Å². The van der Waals surface area contributed by atoms with Crippen molar-refractivity contribution < 1.29 is 14.6 Å². The molecule has 0 amide bonds. The highest BCUT2D eigenvalue weighted by Crippen LogP contribution is 2.05. The Morgan fingerprint density at radius 1 is 1.20 bits per heavy atom. The molecular formula is C17H16N4O4. The lowest BCUT2D eigenvalue weighted by Gasteiger charge is -2.05. The van der Waals surface area contributed by atoms with Crippen molar-refractivity contribution in [1.82, 2.24) is 19.6 Å². The van der Waals surface area contributed by atoms with Gasteiger partial charge in [-0.2, -0.15) is 10.2 Å². The van der Waals surface area contributed by atoms with Crippen molar-refractivity contribution in [2.24, 2.45) is 0 Å². The number of nitrogens with zero attached hydrogens (tertiary/aromatic N) is 4. The quantitative estimate of drug-likeness (QED) is 0.652. The van der Waals surface area contributed by atoms with Crippen molar-refractivity contribution in [2.75, 3.05) is 6.61 Å². The number of carboxylic acids is 1. The molecule has 0 radical (unpaired) electrons. The largest absolute Gasteiger partial charge is 0.476 e. The fraction of sp³-hybridized carbons (Fsp3) is 0.176. The second-order valence-corrected chi connectivity index (χ2v) is 5.28. The van der Waals surface area contributed by atoms with Gasteiger partial charge in [0.2, 0.25) is 11.1 Å². The Hall–Kier alpha value is -3.26. The number of ether oxygens (including phenoxy) is 1. The number of hydrogen-bond donors (Lipinski definition) is 1. The van der Waals surface area contributed by atoms with Crippen molar-refractivity contribution in [3.05, 3.63) is 76.5 Å². The van der Waals surface area contributed by atoms with Crippen molar-refractivity contribution in [3.63, 3.8) is 0 Å². The van der Waals surface area contributed by atoms with Gasteiger partial charge in [0.15, 0.2) is 0 Å². The maximum atomic E-state index is 11.4. The second kappa shape index (κ2) is 7.54. The van der Waals surface area contributed by atoms with Crippen LogP contribution in [0.1, 0.15) is 16.1 Å². The van der Waals surface area contributed by atoms with Crippen LogP contribution in [0.15, 0.2) is 59.8 Å². The van der Waals surface area contributed by atoms with E-state index in [0.717, 1.165) is 11.6 Å². The topological polar surface area (TPSA) is 99.2 Å². The van der Waals surface area contributed by atoms with E-state index >= 15 is 0 Å².